The van der Waals surface area contributed by atoms with E-state index >= 15 is 0 Å². The molecule has 250 valence electrons. The number of nitrogens with zero attached hydrogens (tertiary/aromatic N) is 3. The van der Waals surface area contributed by atoms with Crippen molar-refractivity contribution >= 4 is 51.5 Å². The Morgan fingerprint density at radius 3 is 2.02 bits per heavy atom. The standard InChI is InChI=1S/C10H15N5O8S.C2H6N2O2.H5O10P3/c11-9-13-7-6(10(19,14-9)24(20,21)22)12-2-15(7)8-5(18)4(17)3(1-16)23-8;1-3-4-2(5)6;1-11(2,3)9-13(7,8)10-12(4,5)6/h2-5,8,16-19H,1H2,(H3,11,13,14)(H,20,21,22);3-4H,1H3,(H,5,6);(H,7,8)(H2,1,2,3)(H2,4,5,6)/t3-,4-,5-,8-,10?;;/m1../s1. The number of hydrogen-bond donors (Lipinski definition) is 15. The predicted octanol–water partition coefficient (Wildman–Crippen LogP) is -5.08. The molecule has 0 radical (unpaired) electrons. The average Bonchev–Trinajstić information content (AvgIpc) is 3.31. The lowest BCUT2D eigenvalue weighted by atomic mass is 10.1. The maximum Gasteiger partial charge on any atom is 0.490 e. The molecule has 0 aromatic carbocycles. The SMILES string of the molecule is CNNC(=O)O.NC1=NC(O)(S(=O)(=O)O)c2ncn([C@@H]3O[C@H](CO)[C@@H](O)[C@H]3O)c2N1.O=P(O)(O)OP(=O)(O)OP(=O)(O)O. The molecule has 43 heavy (non-hydrogen) atoms. The van der Waals surface area contributed by atoms with Crippen molar-refractivity contribution < 1.29 is 94.8 Å². The van der Waals surface area contributed by atoms with Crippen LogP contribution in [0.1, 0.15) is 11.9 Å². The molecular formula is C12H26N7O20P3S. The van der Waals surface area contributed by atoms with Crippen molar-refractivity contribution in [1.29, 1.82) is 0 Å². The third-order valence-corrected chi connectivity index (χ3v) is 8.78. The van der Waals surface area contributed by atoms with E-state index in [0.717, 1.165) is 10.9 Å². The molecule has 0 saturated carbocycles. The Morgan fingerprint density at radius 2 is 1.67 bits per heavy atom. The van der Waals surface area contributed by atoms with E-state index in [1.54, 1.807) is 0 Å². The van der Waals surface area contributed by atoms with Gasteiger partial charge in [0.2, 0.25) is 0 Å². The molecule has 1 unspecified atom stereocenters. The average molecular weight is 713 g/mol. The number of hydrazine groups is 1. The molecule has 1 fully saturated rings. The zero-order valence-corrected chi connectivity index (χ0v) is 24.4. The Balaban J connectivity index is 0.000000409. The highest BCUT2D eigenvalue weighted by Crippen LogP contribution is 2.64. The molecule has 1 aromatic heterocycles. The second kappa shape index (κ2) is 14.3. The number of amides is 1. The number of hydrogen-bond acceptors (Lipinski definition) is 18. The maximum absolute atomic E-state index is 11.5. The van der Waals surface area contributed by atoms with Crippen LogP contribution in [-0.2, 0) is 42.2 Å². The quantitative estimate of drug-likeness (QED) is 0.0680. The largest absolute Gasteiger partial charge is 0.490 e. The number of rotatable bonds is 8. The fourth-order valence-electron chi connectivity index (χ4n) is 2.96. The van der Waals surface area contributed by atoms with Crippen LogP contribution >= 0.6 is 23.5 Å². The molecule has 16 N–H and O–H groups in total. The highest BCUT2D eigenvalue weighted by atomic mass is 32.2. The number of aliphatic hydroxyl groups excluding tert-OH is 3. The van der Waals surface area contributed by atoms with Crippen LogP contribution in [0.5, 0.6) is 0 Å². The highest BCUT2D eigenvalue weighted by molar-refractivity contribution is 7.86. The van der Waals surface area contributed by atoms with E-state index in [1.165, 1.54) is 7.05 Å². The summed E-state index contributed by atoms with van der Waals surface area (Å²) >= 11 is 0. The molecule has 0 bridgehead atoms. The van der Waals surface area contributed by atoms with Gasteiger partial charge in [-0.05, 0) is 0 Å². The summed E-state index contributed by atoms with van der Waals surface area (Å²) < 4.78 is 74.9. The van der Waals surface area contributed by atoms with Crippen molar-refractivity contribution in [2.75, 3.05) is 19.0 Å². The summed E-state index contributed by atoms with van der Waals surface area (Å²) in [6.45, 7) is -0.572. The summed E-state index contributed by atoms with van der Waals surface area (Å²) in [5, 5.41) is 46.2. The lowest BCUT2D eigenvalue weighted by Gasteiger charge is -2.27. The Bertz CT molecular complexity index is 1400. The van der Waals surface area contributed by atoms with E-state index in [0.29, 0.717) is 0 Å². The third-order valence-electron chi connectivity index (χ3n) is 4.42. The molecule has 27 nitrogen and oxygen atoms in total. The number of carboxylic acid groups (broad SMARTS) is 1. The molecule has 0 spiro atoms. The number of aliphatic hydroxyl groups is 4. The summed E-state index contributed by atoms with van der Waals surface area (Å²) in [7, 11) is -19.8. The number of carbonyl (C=O) groups is 1. The topological polar surface area (TPSA) is 445 Å². The predicted molar refractivity (Wildman–Crippen MR) is 132 cm³/mol. The number of imidazole rings is 1. The molecular weight excluding hydrogens is 687 g/mol. The first kappa shape index (κ1) is 38.9. The number of aromatic nitrogens is 2. The van der Waals surface area contributed by atoms with E-state index in [4.69, 9.17) is 45.2 Å². The van der Waals surface area contributed by atoms with E-state index in [9.17, 15) is 46.8 Å². The molecule has 2 aliphatic rings. The third kappa shape index (κ3) is 11.0. The van der Waals surface area contributed by atoms with Crippen LogP contribution in [0.2, 0.25) is 0 Å². The van der Waals surface area contributed by atoms with E-state index in [-0.39, 0.29) is 5.82 Å². The fourth-order valence-corrected chi connectivity index (χ4v) is 6.11. The van der Waals surface area contributed by atoms with Gasteiger partial charge >= 0.3 is 44.7 Å². The van der Waals surface area contributed by atoms with Crippen LogP contribution in [-0.4, -0.2) is 117 Å². The molecule has 1 saturated heterocycles. The van der Waals surface area contributed by atoms with Gasteiger partial charge in [-0.15, -0.1) is 0 Å². The molecule has 31 heteroatoms. The van der Waals surface area contributed by atoms with E-state index in [1.807, 2.05) is 5.43 Å². The van der Waals surface area contributed by atoms with Crippen LogP contribution in [0, 0.1) is 0 Å². The number of phosphoric acid groups is 3. The Kier molecular flexibility index (Phi) is 12.9. The smallest absolute Gasteiger partial charge is 0.464 e. The van der Waals surface area contributed by atoms with Crippen LogP contribution in [0.25, 0.3) is 0 Å². The van der Waals surface area contributed by atoms with Crippen molar-refractivity contribution in [3.63, 3.8) is 0 Å². The van der Waals surface area contributed by atoms with Crippen molar-refractivity contribution in [3.8, 4) is 0 Å². The van der Waals surface area contributed by atoms with Crippen LogP contribution in [0.4, 0.5) is 10.6 Å². The van der Waals surface area contributed by atoms with Gasteiger partial charge in [0, 0.05) is 7.05 Å². The lowest BCUT2D eigenvalue weighted by molar-refractivity contribution is -0.0519. The summed E-state index contributed by atoms with van der Waals surface area (Å²) in [6, 6.07) is 0. The van der Waals surface area contributed by atoms with Crippen LogP contribution in [0.3, 0.4) is 0 Å². The molecule has 1 amide bonds. The summed E-state index contributed by atoms with van der Waals surface area (Å²) in [5.74, 6) is -0.770. The van der Waals surface area contributed by atoms with Gasteiger partial charge in [0.25, 0.3) is 0 Å². The molecule has 5 atom stereocenters. The lowest BCUT2D eigenvalue weighted by Crippen LogP contribution is -2.43. The van der Waals surface area contributed by atoms with Gasteiger partial charge in [-0.25, -0.2) is 28.9 Å². The highest BCUT2D eigenvalue weighted by Gasteiger charge is 2.52. The van der Waals surface area contributed by atoms with Gasteiger partial charge in [-0.2, -0.15) is 22.0 Å². The van der Waals surface area contributed by atoms with Crippen molar-refractivity contribution in [2.45, 2.75) is 29.6 Å². The van der Waals surface area contributed by atoms with Crippen molar-refractivity contribution in [1.82, 2.24) is 20.4 Å². The molecule has 3 heterocycles. The minimum absolute atomic E-state index is 0.225. The Morgan fingerprint density at radius 1 is 1.16 bits per heavy atom. The number of aliphatic imine (C=N–C) groups is 1. The van der Waals surface area contributed by atoms with Crippen LogP contribution < -0.4 is 21.9 Å². The summed E-state index contributed by atoms with van der Waals surface area (Å²) in [4.78, 5) is 56.6. The molecule has 1 aromatic rings. The van der Waals surface area contributed by atoms with Gasteiger partial charge in [-0.3, -0.25) is 14.5 Å². The first-order chi connectivity index (χ1) is 19.3. The van der Waals surface area contributed by atoms with E-state index in [2.05, 4.69) is 29.3 Å². The van der Waals surface area contributed by atoms with Gasteiger partial charge in [0.05, 0.1) is 12.9 Å². The molecule has 0 aliphatic carbocycles. The summed E-state index contributed by atoms with van der Waals surface area (Å²) in [5.41, 5.74) is 8.93. The number of anilines is 1. The first-order valence-corrected chi connectivity index (χ1v) is 16.3. The zero-order chi connectivity index (χ0) is 33.8. The fraction of sp³-hybridized carbons (Fsp3) is 0.583. The number of guanidine groups is 1. The normalized spacial score (nSPS) is 25.6. The Hall–Kier alpha value is -2.17. The van der Waals surface area contributed by atoms with Gasteiger partial charge in [0.15, 0.2) is 17.9 Å². The second-order valence-electron chi connectivity index (χ2n) is 7.58. The zero-order valence-electron chi connectivity index (χ0n) is 20.9. The number of ether oxygens (including phenoxy) is 1. The number of fused-ring (bicyclic) bond motifs is 1. The van der Waals surface area contributed by atoms with Gasteiger partial charge in [-0.1, -0.05) is 0 Å². The minimum Gasteiger partial charge on any atom is -0.464 e. The van der Waals surface area contributed by atoms with Gasteiger partial charge in [0.1, 0.15) is 24.1 Å². The van der Waals surface area contributed by atoms with Crippen LogP contribution in [0.15, 0.2) is 11.3 Å². The number of nitrogens with two attached hydrogens (primary N) is 1. The van der Waals surface area contributed by atoms with E-state index < -0.39 is 87.5 Å². The minimum atomic E-state index is -5.46. The van der Waals surface area contributed by atoms with Gasteiger partial charge < -0.3 is 65.8 Å². The monoisotopic (exact) mass is 713 g/mol. The molecule has 2 aliphatic heterocycles. The second-order valence-corrected chi connectivity index (χ2v) is 13.3. The molecule has 3 rings (SSSR count). The maximum atomic E-state index is 11.5. The Labute approximate surface area is 238 Å². The van der Waals surface area contributed by atoms with Crippen molar-refractivity contribution in [3.05, 3.63) is 12.0 Å². The number of nitrogens with one attached hydrogen (secondary N) is 3. The first-order valence-electron chi connectivity index (χ1n) is 10.3. The van der Waals surface area contributed by atoms with Crippen molar-refractivity contribution in [2.24, 2.45) is 10.7 Å². The summed E-state index contributed by atoms with van der Waals surface area (Å²) in [6.07, 6.45) is -5.33.